The highest BCUT2D eigenvalue weighted by atomic mass is 19.1. The lowest BCUT2D eigenvalue weighted by molar-refractivity contribution is 0.00930. The Morgan fingerprint density at radius 3 is 2.47 bits per heavy atom. The number of piperazine rings is 1. The highest BCUT2D eigenvalue weighted by Crippen LogP contribution is 2.44. The van der Waals surface area contributed by atoms with Gasteiger partial charge in [0.1, 0.15) is 17.0 Å². The Kier molecular flexibility index (Phi) is 8.77. The van der Waals surface area contributed by atoms with Crippen LogP contribution in [0.3, 0.4) is 0 Å². The van der Waals surface area contributed by atoms with Crippen LogP contribution in [0.25, 0.3) is 11.3 Å². The zero-order valence-corrected chi connectivity index (χ0v) is 27.5. The van der Waals surface area contributed by atoms with Gasteiger partial charge in [-0.25, -0.2) is 24.1 Å². The van der Waals surface area contributed by atoms with Gasteiger partial charge in [0.05, 0.1) is 24.5 Å². The summed E-state index contributed by atoms with van der Waals surface area (Å²) >= 11 is 0. The monoisotopic (exact) mass is 618 g/mol. The Morgan fingerprint density at radius 2 is 1.82 bits per heavy atom. The zero-order chi connectivity index (χ0) is 32.7. The molecule has 2 amide bonds. The van der Waals surface area contributed by atoms with Gasteiger partial charge in [0, 0.05) is 43.0 Å². The lowest BCUT2D eigenvalue weighted by Gasteiger charge is -2.34. The fraction of sp³-hybridized carbons (Fsp3) is 0.471. The highest BCUT2D eigenvalue weighted by Gasteiger charge is 2.49. The smallest absolute Gasteiger partial charge is 0.418 e. The molecule has 0 spiro atoms. The highest BCUT2D eigenvalue weighted by molar-refractivity contribution is 6.09. The molecule has 0 radical (unpaired) electrons. The number of hydrogen-bond acceptors (Lipinski definition) is 9. The molecule has 3 heterocycles. The summed E-state index contributed by atoms with van der Waals surface area (Å²) in [6.45, 7) is 14.7. The van der Waals surface area contributed by atoms with Crippen LogP contribution in [0.4, 0.5) is 26.5 Å². The SMILES string of the molecule is CCCc1cc(-c2nc(Nc3cc(N4CCN(C)CC4)ccc3OC)ncc2F)cc2c1C(C)(C)N(C(=O)OC(C)(C)C)C2=O. The standard InChI is InChI=1S/C34H43FN6O4/c1-9-10-21-17-22(18-24-28(21)34(5,6)41(30(24)42)32(43)45-33(2,3)4)29-25(35)20-36-31(38-29)37-26-19-23(11-12-27(26)44-8)40-15-13-39(7)14-16-40/h11-12,17-20H,9-10,13-16H2,1-8H3,(H,36,37,38). The fourth-order valence-electron chi connectivity index (χ4n) is 6.11. The number of fused-ring (bicyclic) bond motifs is 1. The molecule has 1 fully saturated rings. The second-order valence-electron chi connectivity index (χ2n) is 13.2. The summed E-state index contributed by atoms with van der Waals surface area (Å²) in [5.74, 6) is -0.337. The van der Waals surface area contributed by atoms with E-state index < -0.39 is 29.0 Å². The zero-order valence-electron chi connectivity index (χ0n) is 27.5. The maximum absolute atomic E-state index is 15.4. The van der Waals surface area contributed by atoms with E-state index in [1.807, 2.05) is 45.0 Å². The summed E-state index contributed by atoms with van der Waals surface area (Å²) in [5.41, 5.74) is 2.34. The topological polar surface area (TPSA) is 100 Å². The summed E-state index contributed by atoms with van der Waals surface area (Å²) in [6.07, 6.45) is 1.82. The predicted molar refractivity (Wildman–Crippen MR) is 173 cm³/mol. The molecule has 1 saturated heterocycles. The minimum absolute atomic E-state index is 0.0446. The van der Waals surface area contributed by atoms with Gasteiger partial charge in [-0.15, -0.1) is 0 Å². The van der Waals surface area contributed by atoms with Crippen molar-refractivity contribution in [2.75, 3.05) is 50.6 Å². The second kappa shape index (κ2) is 12.3. The number of aryl methyl sites for hydroxylation is 1. The summed E-state index contributed by atoms with van der Waals surface area (Å²) in [4.78, 5) is 41.6. The molecule has 0 atom stereocenters. The van der Waals surface area contributed by atoms with Gasteiger partial charge in [-0.05, 0) is 89.5 Å². The molecule has 0 saturated carbocycles. The number of rotatable bonds is 7. The third-order valence-corrected chi connectivity index (χ3v) is 8.24. The van der Waals surface area contributed by atoms with Gasteiger partial charge in [0.15, 0.2) is 5.82 Å². The third kappa shape index (κ3) is 6.45. The molecule has 240 valence electrons. The van der Waals surface area contributed by atoms with E-state index in [0.29, 0.717) is 29.0 Å². The number of carbonyl (C=O) groups is 2. The van der Waals surface area contributed by atoms with Crippen molar-refractivity contribution in [3.63, 3.8) is 0 Å². The van der Waals surface area contributed by atoms with Crippen LogP contribution in [0.15, 0.2) is 36.5 Å². The molecule has 10 nitrogen and oxygen atoms in total. The molecule has 5 rings (SSSR count). The Morgan fingerprint density at radius 1 is 1.11 bits per heavy atom. The minimum Gasteiger partial charge on any atom is -0.495 e. The number of imide groups is 1. The van der Waals surface area contributed by atoms with Crippen LogP contribution in [-0.2, 0) is 16.7 Å². The van der Waals surface area contributed by atoms with Crippen molar-refractivity contribution in [2.24, 2.45) is 0 Å². The largest absolute Gasteiger partial charge is 0.495 e. The number of methoxy groups -OCH3 is 1. The van der Waals surface area contributed by atoms with Gasteiger partial charge >= 0.3 is 6.09 Å². The normalized spacial score (nSPS) is 16.5. The van der Waals surface area contributed by atoms with Gasteiger partial charge in [0.2, 0.25) is 5.95 Å². The van der Waals surface area contributed by atoms with Gasteiger partial charge in [0.25, 0.3) is 5.91 Å². The Labute approximate surface area is 264 Å². The van der Waals surface area contributed by atoms with Gasteiger partial charge < -0.3 is 24.6 Å². The Balaban J connectivity index is 1.52. The summed E-state index contributed by atoms with van der Waals surface area (Å²) in [7, 11) is 3.70. The number of amides is 2. The number of nitrogens with one attached hydrogen (secondary N) is 1. The van der Waals surface area contributed by atoms with Crippen molar-refractivity contribution < 1.29 is 23.5 Å². The molecule has 0 aliphatic carbocycles. The van der Waals surface area contributed by atoms with Gasteiger partial charge in [-0.1, -0.05) is 13.3 Å². The predicted octanol–water partition coefficient (Wildman–Crippen LogP) is 6.37. The van der Waals surface area contributed by atoms with Gasteiger partial charge in [-0.3, -0.25) is 4.79 Å². The molecular formula is C34H43FN6O4. The lowest BCUT2D eigenvalue weighted by Crippen LogP contribution is -2.46. The number of ether oxygens (including phenoxy) is 2. The molecule has 0 unspecified atom stereocenters. The number of hydrogen-bond donors (Lipinski definition) is 1. The quantitative estimate of drug-likeness (QED) is 0.324. The molecular weight excluding hydrogens is 575 g/mol. The number of likely N-dealkylation sites (N-methyl/N-ethyl adjacent to an activating group) is 1. The van der Waals surface area contributed by atoms with Crippen molar-refractivity contribution in [2.45, 2.75) is 65.5 Å². The fourth-order valence-corrected chi connectivity index (χ4v) is 6.11. The number of anilines is 3. The van der Waals surface area contributed by atoms with Crippen molar-refractivity contribution >= 4 is 29.3 Å². The number of aromatic nitrogens is 2. The van der Waals surface area contributed by atoms with Gasteiger partial charge in [-0.2, -0.15) is 0 Å². The average Bonchev–Trinajstić information content (AvgIpc) is 3.18. The maximum atomic E-state index is 15.4. The first-order valence-electron chi connectivity index (χ1n) is 15.4. The molecule has 1 aromatic heterocycles. The number of benzene rings is 2. The Hall–Kier alpha value is -4.25. The van der Waals surface area contributed by atoms with Crippen molar-refractivity contribution in [1.82, 2.24) is 19.8 Å². The van der Waals surface area contributed by atoms with E-state index in [9.17, 15) is 9.59 Å². The van der Waals surface area contributed by atoms with E-state index in [1.54, 1.807) is 33.9 Å². The maximum Gasteiger partial charge on any atom is 0.418 e. The number of nitrogens with zero attached hydrogens (tertiary/aromatic N) is 5. The van der Waals surface area contributed by atoms with Crippen LogP contribution in [0, 0.1) is 5.82 Å². The van der Waals surface area contributed by atoms with E-state index in [1.165, 1.54) is 0 Å². The first-order valence-corrected chi connectivity index (χ1v) is 15.4. The van der Waals surface area contributed by atoms with E-state index in [4.69, 9.17) is 9.47 Å². The van der Waals surface area contributed by atoms with Crippen LogP contribution in [0.5, 0.6) is 5.75 Å². The van der Waals surface area contributed by atoms with Crippen molar-refractivity contribution in [3.8, 4) is 17.0 Å². The molecule has 2 aliphatic heterocycles. The van der Waals surface area contributed by atoms with E-state index in [-0.39, 0.29) is 11.6 Å². The molecule has 2 aliphatic rings. The van der Waals surface area contributed by atoms with Crippen LogP contribution in [0.2, 0.25) is 0 Å². The molecule has 2 aromatic carbocycles. The second-order valence-corrected chi connectivity index (χ2v) is 13.2. The molecule has 0 bridgehead atoms. The first kappa shape index (κ1) is 32.2. The Bertz CT molecular complexity index is 1610. The van der Waals surface area contributed by atoms with E-state index in [0.717, 1.165) is 60.5 Å². The van der Waals surface area contributed by atoms with Crippen LogP contribution in [0.1, 0.15) is 69.4 Å². The summed E-state index contributed by atoms with van der Waals surface area (Å²) in [5, 5.41) is 3.22. The molecule has 45 heavy (non-hydrogen) atoms. The lowest BCUT2D eigenvalue weighted by atomic mass is 9.86. The van der Waals surface area contributed by atoms with Crippen molar-refractivity contribution in [1.29, 1.82) is 0 Å². The van der Waals surface area contributed by atoms with E-state index >= 15 is 4.39 Å². The molecule has 11 heteroatoms. The average molecular weight is 619 g/mol. The first-order chi connectivity index (χ1) is 21.2. The molecule has 3 aromatic rings. The third-order valence-electron chi connectivity index (χ3n) is 8.24. The minimum atomic E-state index is -0.958. The summed E-state index contributed by atoms with van der Waals surface area (Å²) < 4.78 is 26.6. The van der Waals surface area contributed by atoms with Crippen LogP contribution < -0.4 is 15.0 Å². The van der Waals surface area contributed by atoms with Crippen molar-refractivity contribution in [3.05, 3.63) is 59.0 Å². The van der Waals surface area contributed by atoms with Crippen LogP contribution in [-0.4, -0.2) is 77.7 Å². The van der Waals surface area contributed by atoms with Crippen LogP contribution >= 0.6 is 0 Å². The number of halogens is 1. The summed E-state index contributed by atoms with van der Waals surface area (Å²) in [6, 6.07) is 9.37. The number of carbonyl (C=O) groups excluding carboxylic acids is 2. The molecule has 1 N–H and O–H groups in total. The van der Waals surface area contributed by atoms with E-state index in [2.05, 4.69) is 32.1 Å².